The molecule has 1 aromatic heterocycles. The third kappa shape index (κ3) is 5.96. The first-order valence-electron chi connectivity index (χ1n) is 9.33. The molecule has 1 aliphatic heterocycles. The summed E-state index contributed by atoms with van der Waals surface area (Å²) in [6, 6.07) is 2.43. The second kappa shape index (κ2) is 10.3. The summed E-state index contributed by atoms with van der Waals surface area (Å²) in [6.07, 6.45) is 3.00. The first-order chi connectivity index (χ1) is 13.8. The van der Waals surface area contributed by atoms with Crippen molar-refractivity contribution < 1.29 is 18.8 Å². The van der Waals surface area contributed by atoms with Crippen LogP contribution in [0.3, 0.4) is 0 Å². The lowest BCUT2D eigenvalue weighted by molar-refractivity contribution is -0.125. The number of nitrogens with zero attached hydrogens (tertiary/aromatic N) is 2. The van der Waals surface area contributed by atoms with Crippen molar-refractivity contribution in [2.24, 2.45) is 10.1 Å². The molecule has 0 aliphatic carbocycles. The third-order valence-electron chi connectivity index (χ3n) is 4.26. The van der Waals surface area contributed by atoms with E-state index in [1.54, 1.807) is 26.0 Å². The molecule has 0 spiro atoms. The molecule has 1 amide bonds. The summed E-state index contributed by atoms with van der Waals surface area (Å²) in [7, 11) is 1.47. The van der Waals surface area contributed by atoms with Gasteiger partial charge in [-0.2, -0.15) is 0 Å². The van der Waals surface area contributed by atoms with Crippen LogP contribution in [0.4, 0.5) is 0 Å². The molecule has 0 aromatic carbocycles. The first-order valence-corrected chi connectivity index (χ1v) is 10.3. The van der Waals surface area contributed by atoms with Crippen LogP contribution in [-0.2, 0) is 9.63 Å². The Balaban J connectivity index is 2.19. The van der Waals surface area contributed by atoms with Crippen molar-refractivity contribution in [2.75, 3.05) is 19.5 Å². The minimum atomic E-state index is -0.958. The topological polar surface area (TPSA) is 102 Å². The highest BCUT2D eigenvalue weighted by molar-refractivity contribution is 8.16. The van der Waals surface area contributed by atoms with Gasteiger partial charge in [0.1, 0.15) is 34.4 Å². The van der Waals surface area contributed by atoms with Crippen molar-refractivity contribution >= 4 is 28.4 Å². The predicted octanol–water partition coefficient (Wildman–Crippen LogP) is 3.09. The maximum atomic E-state index is 13.0. The molecule has 0 bridgehead atoms. The minimum Gasteiger partial charge on any atom is -0.496 e. The van der Waals surface area contributed by atoms with Gasteiger partial charge in [-0.15, -0.1) is 11.8 Å². The Morgan fingerprint density at radius 3 is 2.97 bits per heavy atom. The van der Waals surface area contributed by atoms with E-state index >= 15 is 0 Å². The smallest absolute Gasteiger partial charge is 0.339 e. The van der Waals surface area contributed by atoms with E-state index in [1.807, 2.05) is 6.92 Å². The summed E-state index contributed by atoms with van der Waals surface area (Å²) in [5.41, 5.74) is -0.873. The van der Waals surface area contributed by atoms with Gasteiger partial charge in [-0.05, 0) is 20.3 Å². The van der Waals surface area contributed by atoms with Crippen LogP contribution >= 0.6 is 11.8 Å². The van der Waals surface area contributed by atoms with Crippen molar-refractivity contribution in [3.05, 3.63) is 41.0 Å². The number of nitrogens with one attached hydrogen (secondary N) is 1. The van der Waals surface area contributed by atoms with E-state index in [0.717, 1.165) is 6.42 Å². The molecule has 0 saturated heterocycles. The van der Waals surface area contributed by atoms with Crippen molar-refractivity contribution in [3.8, 4) is 5.75 Å². The van der Waals surface area contributed by atoms with Gasteiger partial charge < -0.3 is 19.3 Å². The zero-order chi connectivity index (χ0) is 21.4. The Labute approximate surface area is 174 Å². The van der Waals surface area contributed by atoms with Crippen LogP contribution in [0.5, 0.6) is 5.75 Å². The summed E-state index contributed by atoms with van der Waals surface area (Å²) in [5.74, 6) is 0.979. The zero-order valence-corrected chi connectivity index (χ0v) is 18.0. The SMILES string of the molecule is C=CCO/N=C(\C)C1=N[C@](C)(C(=O)N[C@H](CCC)c2cc(OC)cc(=O)o2)CS1. The van der Waals surface area contributed by atoms with Crippen LogP contribution in [0.25, 0.3) is 0 Å². The number of ether oxygens (including phenoxy) is 1. The molecular formula is C20H27N3O5S. The summed E-state index contributed by atoms with van der Waals surface area (Å²) < 4.78 is 10.5. The third-order valence-corrected chi connectivity index (χ3v) is 5.62. The van der Waals surface area contributed by atoms with E-state index in [-0.39, 0.29) is 5.91 Å². The number of carbonyl (C=O) groups excluding carboxylic acids is 1. The second-order valence-corrected chi connectivity index (χ2v) is 7.74. The molecule has 1 aromatic rings. The van der Waals surface area contributed by atoms with Crippen molar-refractivity contribution in [2.45, 2.75) is 45.2 Å². The number of amides is 1. The Morgan fingerprint density at radius 1 is 1.55 bits per heavy atom. The van der Waals surface area contributed by atoms with Gasteiger partial charge in [-0.1, -0.05) is 31.2 Å². The largest absolute Gasteiger partial charge is 0.496 e. The van der Waals surface area contributed by atoms with Crippen LogP contribution in [0.15, 0.2) is 44.1 Å². The molecule has 0 saturated carbocycles. The van der Waals surface area contributed by atoms with Crippen LogP contribution in [0.1, 0.15) is 45.4 Å². The molecule has 29 heavy (non-hydrogen) atoms. The Bertz CT molecular complexity index is 864. The van der Waals surface area contributed by atoms with E-state index < -0.39 is 17.2 Å². The summed E-state index contributed by atoms with van der Waals surface area (Å²) >= 11 is 1.45. The standard InChI is InChI=1S/C20H27N3O5S/c1-6-8-15(16-10-14(26-5)11-17(24)28-16)21-19(25)20(4)12-29-18(22-20)13(3)23-27-9-7-2/h7,10-11,15H,2,6,8-9,12H2,1,3-5H3,(H,21,25)/b23-13+/t15-,20+/m1/s1. The van der Waals surface area contributed by atoms with E-state index in [9.17, 15) is 9.59 Å². The molecular weight excluding hydrogens is 394 g/mol. The van der Waals surface area contributed by atoms with Gasteiger partial charge in [0.25, 0.3) is 0 Å². The Hall–Kier alpha value is -2.55. The van der Waals surface area contributed by atoms with E-state index in [4.69, 9.17) is 14.0 Å². The van der Waals surface area contributed by atoms with Crippen LogP contribution in [0.2, 0.25) is 0 Å². The quantitative estimate of drug-likeness (QED) is 0.270. The lowest BCUT2D eigenvalue weighted by Crippen LogP contribution is -2.45. The first kappa shape index (κ1) is 22.7. The zero-order valence-electron chi connectivity index (χ0n) is 17.2. The lowest BCUT2D eigenvalue weighted by Gasteiger charge is -2.24. The molecule has 2 atom stereocenters. The van der Waals surface area contributed by atoms with Gasteiger partial charge in [0, 0.05) is 11.8 Å². The second-order valence-electron chi connectivity index (χ2n) is 6.77. The Kier molecular flexibility index (Phi) is 8.07. The van der Waals surface area contributed by atoms with Crippen molar-refractivity contribution in [1.29, 1.82) is 0 Å². The highest BCUT2D eigenvalue weighted by atomic mass is 32.2. The normalized spacial score (nSPS) is 20.0. The van der Waals surface area contributed by atoms with E-state index in [2.05, 4.69) is 22.0 Å². The number of thioether (sulfide) groups is 1. The number of aliphatic imine (C=N–C) groups is 1. The van der Waals surface area contributed by atoms with Gasteiger partial charge in [-0.3, -0.25) is 9.79 Å². The van der Waals surface area contributed by atoms with Crippen LogP contribution in [0, 0.1) is 0 Å². The van der Waals surface area contributed by atoms with Gasteiger partial charge in [-0.25, -0.2) is 4.79 Å². The monoisotopic (exact) mass is 421 g/mol. The molecule has 0 fully saturated rings. The number of hydrogen-bond donors (Lipinski definition) is 1. The van der Waals surface area contributed by atoms with Crippen molar-refractivity contribution in [1.82, 2.24) is 5.32 Å². The molecule has 2 heterocycles. The fourth-order valence-electron chi connectivity index (χ4n) is 2.68. The molecule has 0 radical (unpaired) electrons. The summed E-state index contributed by atoms with van der Waals surface area (Å²) in [6.45, 7) is 9.41. The molecule has 0 unspecified atom stereocenters. The summed E-state index contributed by atoms with van der Waals surface area (Å²) in [5, 5.41) is 7.62. The van der Waals surface area contributed by atoms with E-state index in [1.165, 1.54) is 24.9 Å². The molecule has 1 N–H and O–H groups in total. The molecule has 9 heteroatoms. The van der Waals surface area contributed by atoms with E-state index in [0.29, 0.717) is 41.0 Å². The van der Waals surface area contributed by atoms with Crippen LogP contribution < -0.4 is 15.7 Å². The minimum absolute atomic E-state index is 0.247. The number of hydrogen-bond acceptors (Lipinski definition) is 8. The van der Waals surface area contributed by atoms with Crippen molar-refractivity contribution in [3.63, 3.8) is 0 Å². The molecule has 8 nitrogen and oxygen atoms in total. The highest BCUT2D eigenvalue weighted by Crippen LogP contribution is 2.30. The fourth-order valence-corrected chi connectivity index (χ4v) is 3.80. The molecule has 2 rings (SSSR count). The Morgan fingerprint density at radius 2 is 2.31 bits per heavy atom. The molecule has 158 valence electrons. The average Bonchev–Trinajstić information content (AvgIpc) is 3.11. The highest BCUT2D eigenvalue weighted by Gasteiger charge is 2.40. The number of carbonyl (C=O) groups is 1. The van der Waals surface area contributed by atoms with Crippen LogP contribution in [-0.4, -0.2) is 41.7 Å². The van der Waals surface area contributed by atoms with Gasteiger partial charge in [0.05, 0.1) is 19.2 Å². The number of rotatable bonds is 10. The van der Waals surface area contributed by atoms with Gasteiger partial charge in [0.15, 0.2) is 0 Å². The predicted molar refractivity (Wildman–Crippen MR) is 115 cm³/mol. The maximum absolute atomic E-state index is 13.0. The fraction of sp³-hybridized carbons (Fsp3) is 0.500. The van der Waals surface area contributed by atoms with Gasteiger partial charge in [0.2, 0.25) is 5.91 Å². The van der Waals surface area contributed by atoms with Gasteiger partial charge >= 0.3 is 5.63 Å². The summed E-state index contributed by atoms with van der Waals surface area (Å²) in [4.78, 5) is 34.5. The maximum Gasteiger partial charge on any atom is 0.339 e. The lowest BCUT2D eigenvalue weighted by atomic mass is 10.0. The molecule has 1 aliphatic rings. The number of methoxy groups -OCH3 is 1. The number of oxime groups is 1. The average molecular weight is 422 g/mol.